The molecular weight excluding hydrogens is 459 g/mol. The molecule has 0 radical (unpaired) electrons. The number of aliphatic imine (C=N–C) groups is 2. The van der Waals surface area contributed by atoms with E-state index in [1.54, 1.807) is 25.4 Å². The van der Waals surface area contributed by atoms with Crippen LogP contribution in [0, 0.1) is 6.92 Å². The second-order valence-electron chi connectivity index (χ2n) is 7.80. The second kappa shape index (κ2) is 10.1. The molecular formula is C25H24F3N5O2. The zero-order valence-electron chi connectivity index (χ0n) is 19.1. The van der Waals surface area contributed by atoms with Crippen molar-refractivity contribution in [1.82, 2.24) is 4.98 Å². The number of aryl methyl sites for hydroxylation is 1. The zero-order chi connectivity index (χ0) is 25.0. The molecule has 1 atom stereocenters. The van der Waals surface area contributed by atoms with E-state index in [4.69, 9.17) is 15.2 Å². The number of hydrogen-bond acceptors (Lipinski definition) is 5. The van der Waals surface area contributed by atoms with Gasteiger partial charge in [-0.25, -0.2) is 0 Å². The van der Waals surface area contributed by atoms with Crippen molar-refractivity contribution in [3.8, 4) is 16.9 Å². The number of benzene rings is 2. The third-order valence-corrected chi connectivity index (χ3v) is 5.35. The molecule has 3 N–H and O–H groups in total. The molecule has 0 fully saturated rings. The molecule has 1 unspecified atom stereocenters. The predicted octanol–water partition coefficient (Wildman–Crippen LogP) is 4.98. The van der Waals surface area contributed by atoms with Crippen LogP contribution in [0.1, 0.15) is 22.9 Å². The minimum atomic E-state index is -4.54. The van der Waals surface area contributed by atoms with E-state index in [2.05, 4.69) is 20.3 Å². The number of nitrogens with one attached hydrogen (secondary N) is 1. The van der Waals surface area contributed by atoms with Crippen LogP contribution < -0.4 is 15.8 Å². The molecule has 0 aliphatic carbocycles. The first-order chi connectivity index (χ1) is 16.8. The lowest BCUT2D eigenvalue weighted by molar-refractivity contribution is -0.139. The van der Waals surface area contributed by atoms with Crippen molar-refractivity contribution in [3.05, 3.63) is 77.6 Å². The van der Waals surface area contributed by atoms with Gasteiger partial charge in [0, 0.05) is 34.8 Å². The number of methoxy groups -OCH3 is 1. The molecule has 35 heavy (non-hydrogen) atoms. The number of alkyl halides is 3. The van der Waals surface area contributed by atoms with Crippen molar-refractivity contribution in [2.45, 2.75) is 19.2 Å². The molecule has 7 nitrogen and oxygen atoms in total. The normalized spacial score (nSPS) is 16.5. The van der Waals surface area contributed by atoms with Crippen LogP contribution in [-0.4, -0.2) is 37.0 Å². The van der Waals surface area contributed by atoms with Crippen LogP contribution >= 0.6 is 0 Å². The zero-order valence-corrected chi connectivity index (χ0v) is 19.1. The Labute approximate surface area is 200 Å². The third-order valence-electron chi connectivity index (χ3n) is 5.35. The van der Waals surface area contributed by atoms with E-state index in [0.717, 1.165) is 22.9 Å². The number of pyridine rings is 1. The fourth-order valence-electron chi connectivity index (χ4n) is 3.81. The summed E-state index contributed by atoms with van der Waals surface area (Å²) in [6, 6.07) is 14.5. The minimum absolute atomic E-state index is 0.0432. The van der Waals surface area contributed by atoms with Gasteiger partial charge in [-0.15, -0.1) is 0 Å². The first kappa shape index (κ1) is 24.2. The third kappa shape index (κ3) is 5.60. The highest BCUT2D eigenvalue weighted by molar-refractivity contribution is 6.04. The predicted molar refractivity (Wildman–Crippen MR) is 129 cm³/mol. The van der Waals surface area contributed by atoms with E-state index in [1.165, 1.54) is 18.2 Å². The number of hydrogen-bond donors (Lipinski definition) is 2. The van der Waals surface area contributed by atoms with Gasteiger partial charge in [-0.1, -0.05) is 18.2 Å². The Balaban J connectivity index is 1.59. The van der Waals surface area contributed by atoms with Gasteiger partial charge in [0.05, 0.1) is 25.8 Å². The van der Waals surface area contributed by atoms with Crippen LogP contribution in [0.3, 0.4) is 0 Å². The number of nitrogens with two attached hydrogens (primary N) is 1. The van der Waals surface area contributed by atoms with Gasteiger partial charge in [0.25, 0.3) is 0 Å². The summed E-state index contributed by atoms with van der Waals surface area (Å²) in [5.41, 5.74) is 8.51. The number of nitrogens with zero attached hydrogens (tertiary/aromatic N) is 3. The Bertz CT molecular complexity index is 1270. The first-order valence-corrected chi connectivity index (χ1v) is 10.8. The van der Waals surface area contributed by atoms with E-state index < -0.39 is 17.8 Å². The molecule has 2 heterocycles. The van der Waals surface area contributed by atoms with Crippen molar-refractivity contribution in [3.63, 3.8) is 0 Å². The maximum absolute atomic E-state index is 13.5. The van der Waals surface area contributed by atoms with Gasteiger partial charge < -0.3 is 20.5 Å². The van der Waals surface area contributed by atoms with Gasteiger partial charge in [-0.3, -0.25) is 9.98 Å². The molecule has 0 amide bonds. The summed E-state index contributed by atoms with van der Waals surface area (Å²) in [5, 5.41) is 2.95. The van der Waals surface area contributed by atoms with Gasteiger partial charge in [0.15, 0.2) is 11.8 Å². The number of amidine groups is 1. The summed E-state index contributed by atoms with van der Waals surface area (Å²) in [6.45, 7) is 2.35. The minimum Gasteiger partial charge on any atom is -0.496 e. The molecule has 1 aromatic heterocycles. The smallest absolute Gasteiger partial charge is 0.416 e. The van der Waals surface area contributed by atoms with E-state index in [-0.39, 0.29) is 30.5 Å². The summed E-state index contributed by atoms with van der Waals surface area (Å²) in [4.78, 5) is 12.7. The number of ether oxygens (including phenoxy) is 2. The highest BCUT2D eigenvalue weighted by Gasteiger charge is 2.37. The van der Waals surface area contributed by atoms with E-state index in [1.807, 2.05) is 25.1 Å². The fraction of sp³-hybridized carbons (Fsp3) is 0.240. The van der Waals surface area contributed by atoms with Crippen molar-refractivity contribution >= 4 is 17.5 Å². The first-order valence-electron chi connectivity index (χ1n) is 10.8. The summed E-state index contributed by atoms with van der Waals surface area (Å²) < 4.78 is 51.8. The Hall–Kier alpha value is -3.92. The van der Waals surface area contributed by atoms with Gasteiger partial charge in [0.2, 0.25) is 0 Å². The van der Waals surface area contributed by atoms with Crippen LogP contribution in [0.15, 0.2) is 70.8 Å². The maximum atomic E-state index is 13.5. The number of anilines is 1. The van der Waals surface area contributed by atoms with Crippen molar-refractivity contribution < 1.29 is 22.6 Å². The van der Waals surface area contributed by atoms with Crippen LogP contribution in [-0.2, 0) is 10.9 Å². The van der Waals surface area contributed by atoms with E-state index >= 15 is 0 Å². The quantitative estimate of drug-likeness (QED) is 0.403. The largest absolute Gasteiger partial charge is 0.496 e. The second-order valence-corrected chi connectivity index (χ2v) is 7.80. The van der Waals surface area contributed by atoms with Crippen molar-refractivity contribution in [1.29, 1.82) is 0 Å². The Morgan fingerprint density at radius 1 is 1.17 bits per heavy atom. The molecule has 1 aliphatic heterocycles. The number of halogens is 3. The van der Waals surface area contributed by atoms with Gasteiger partial charge >= 0.3 is 6.18 Å². The molecule has 3 aromatic rings. The average Bonchev–Trinajstić information content (AvgIpc) is 2.83. The van der Waals surface area contributed by atoms with Crippen LogP contribution in [0.4, 0.5) is 18.9 Å². The number of guanidine groups is 1. The Morgan fingerprint density at radius 3 is 2.71 bits per heavy atom. The standard InChI is InChI=1S/C25H24F3N5O2/c1-15-13-16(9-10-30-15)18-8-7-17(14-21(18)34-2)32-24(29)33-23-22(35-12-11-31-23)19-5-3-4-6-20(19)25(26,27)28/h3-10,13-14,22H,11-12H2,1-2H3,(H3,29,31,32,33). The molecule has 0 spiro atoms. The molecule has 0 saturated carbocycles. The molecule has 1 aliphatic rings. The number of aromatic nitrogens is 1. The number of rotatable bonds is 4. The lowest BCUT2D eigenvalue weighted by Crippen LogP contribution is -2.29. The maximum Gasteiger partial charge on any atom is 0.416 e. The highest BCUT2D eigenvalue weighted by atomic mass is 19.4. The lowest BCUT2D eigenvalue weighted by Gasteiger charge is -2.24. The Kier molecular flexibility index (Phi) is 7.02. The van der Waals surface area contributed by atoms with Crippen LogP contribution in [0.25, 0.3) is 11.1 Å². The average molecular weight is 483 g/mol. The lowest BCUT2D eigenvalue weighted by atomic mass is 10.0. The van der Waals surface area contributed by atoms with Crippen LogP contribution in [0.2, 0.25) is 0 Å². The molecule has 0 bridgehead atoms. The summed E-state index contributed by atoms with van der Waals surface area (Å²) in [5.74, 6) is 0.621. The van der Waals surface area contributed by atoms with Crippen LogP contribution in [0.5, 0.6) is 5.75 Å². The summed E-state index contributed by atoms with van der Waals surface area (Å²) in [7, 11) is 1.56. The van der Waals surface area contributed by atoms with Gasteiger partial charge in [-0.2, -0.15) is 18.2 Å². The van der Waals surface area contributed by atoms with Gasteiger partial charge in [-0.05, 0) is 42.8 Å². The topological polar surface area (TPSA) is 94.1 Å². The van der Waals surface area contributed by atoms with E-state index in [9.17, 15) is 13.2 Å². The van der Waals surface area contributed by atoms with E-state index in [0.29, 0.717) is 11.4 Å². The molecule has 2 aromatic carbocycles. The molecule has 182 valence electrons. The molecule has 0 saturated heterocycles. The Morgan fingerprint density at radius 2 is 1.97 bits per heavy atom. The summed E-state index contributed by atoms with van der Waals surface area (Å²) >= 11 is 0. The SMILES string of the molecule is COc1cc(NC(N)=NC2=NCCOC2c2ccccc2C(F)(F)F)ccc1-c1ccnc(C)c1. The molecule has 4 rings (SSSR count). The fourth-order valence-corrected chi connectivity index (χ4v) is 3.81. The van der Waals surface area contributed by atoms with Crippen molar-refractivity contribution in [2.24, 2.45) is 15.7 Å². The summed E-state index contributed by atoms with van der Waals surface area (Å²) in [6.07, 6.45) is -3.91. The van der Waals surface area contributed by atoms with Crippen molar-refractivity contribution in [2.75, 3.05) is 25.6 Å². The molecule has 10 heteroatoms. The highest BCUT2D eigenvalue weighted by Crippen LogP contribution is 2.37. The monoisotopic (exact) mass is 483 g/mol. The van der Waals surface area contributed by atoms with Gasteiger partial charge in [0.1, 0.15) is 11.9 Å².